The molecule has 0 saturated heterocycles. The number of nitrogens with zero attached hydrogens (tertiary/aromatic N) is 2. The third-order valence-corrected chi connectivity index (χ3v) is 4.83. The van der Waals surface area contributed by atoms with Gasteiger partial charge in [-0.15, -0.1) is 0 Å². The Morgan fingerprint density at radius 3 is 2.32 bits per heavy atom. The molecule has 2 aromatic carbocycles. The zero-order valence-corrected chi connectivity index (χ0v) is 18.0. The third kappa shape index (κ3) is 5.45. The van der Waals surface area contributed by atoms with Crippen molar-refractivity contribution in [2.24, 2.45) is 0 Å². The molecule has 0 aliphatic rings. The summed E-state index contributed by atoms with van der Waals surface area (Å²) >= 11 is 0. The molecular weight excluding hydrogens is 394 g/mol. The number of aromatic nitrogens is 2. The quantitative estimate of drug-likeness (QED) is 0.619. The van der Waals surface area contributed by atoms with Crippen LogP contribution in [0.15, 0.2) is 59.4 Å². The Labute approximate surface area is 180 Å². The smallest absolute Gasteiger partial charge is 0.359 e. The van der Waals surface area contributed by atoms with Crippen molar-refractivity contribution in [2.75, 3.05) is 5.32 Å². The third-order valence-electron chi connectivity index (χ3n) is 4.83. The van der Waals surface area contributed by atoms with Gasteiger partial charge >= 0.3 is 5.97 Å². The summed E-state index contributed by atoms with van der Waals surface area (Å²) in [5, 5.41) is 6.92. The van der Waals surface area contributed by atoms with E-state index in [1.165, 1.54) is 23.7 Å². The van der Waals surface area contributed by atoms with Crippen molar-refractivity contribution in [2.45, 2.75) is 40.3 Å². The molecule has 0 saturated carbocycles. The van der Waals surface area contributed by atoms with Gasteiger partial charge in [0.2, 0.25) is 0 Å². The van der Waals surface area contributed by atoms with Crippen molar-refractivity contribution >= 4 is 17.6 Å². The fourth-order valence-electron chi connectivity index (χ4n) is 3.30. The predicted molar refractivity (Wildman–Crippen MR) is 118 cm³/mol. The molecule has 1 atom stereocenters. The van der Waals surface area contributed by atoms with Gasteiger partial charge in [-0.1, -0.05) is 48.0 Å². The number of rotatable bonds is 6. The minimum absolute atomic E-state index is 0.0436. The van der Waals surface area contributed by atoms with Gasteiger partial charge in [0.1, 0.15) is 0 Å². The lowest BCUT2D eigenvalue weighted by Gasteiger charge is -2.17. The first-order valence-corrected chi connectivity index (χ1v) is 9.96. The first-order valence-electron chi connectivity index (χ1n) is 9.96. The van der Waals surface area contributed by atoms with Gasteiger partial charge in [0.15, 0.2) is 11.8 Å². The first kappa shape index (κ1) is 22.0. The van der Waals surface area contributed by atoms with E-state index in [0.29, 0.717) is 5.69 Å². The molecule has 1 amide bonds. The summed E-state index contributed by atoms with van der Waals surface area (Å²) in [5.74, 6) is -1.22. The number of hydrogen-bond donors (Lipinski definition) is 1. The summed E-state index contributed by atoms with van der Waals surface area (Å²) in [6, 6.07) is 15.8. The number of amides is 1. The first-order chi connectivity index (χ1) is 14.7. The minimum Gasteiger partial charge on any atom is -0.448 e. The van der Waals surface area contributed by atoms with Crippen LogP contribution in [-0.4, -0.2) is 27.8 Å². The molecule has 0 unspecified atom stereocenters. The summed E-state index contributed by atoms with van der Waals surface area (Å²) in [4.78, 5) is 37.2. The van der Waals surface area contributed by atoms with E-state index in [4.69, 9.17) is 4.74 Å². The Bertz CT molecular complexity index is 1150. The molecular formula is C24H25N3O4. The van der Waals surface area contributed by atoms with Crippen molar-refractivity contribution in [3.05, 3.63) is 92.9 Å². The molecule has 0 aliphatic carbocycles. The van der Waals surface area contributed by atoms with Crippen LogP contribution in [0.4, 0.5) is 5.69 Å². The molecule has 0 radical (unpaired) electrons. The number of carbonyl (C=O) groups is 2. The molecule has 3 aromatic rings. The van der Waals surface area contributed by atoms with Gasteiger partial charge in [-0.3, -0.25) is 9.59 Å². The Kier molecular flexibility index (Phi) is 6.65. The number of hydrogen-bond acceptors (Lipinski definition) is 5. The van der Waals surface area contributed by atoms with E-state index in [9.17, 15) is 14.4 Å². The highest BCUT2D eigenvalue weighted by molar-refractivity contribution is 5.97. The Hall–Kier alpha value is -3.74. The number of ether oxygens (including phenoxy) is 1. The lowest BCUT2D eigenvalue weighted by molar-refractivity contribution is -0.123. The Balaban J connectivity index is 1.70. The van der Waals surface area contributed by atoms with Crippen LogP contribution in [0.25, 0.3) is 0 Å². The monoisotopic (exact) mass is 419 g/mol. The molecule has 0 bridgehead atoms. The Morgan fingerprint density at radius 1 is 1.03 bits per heavy atom. The molecule has 31 heavy (non-hydrogen) atoms. The summed E-state index contributed by atoms with van der Waals surface area (Å²) in [6.45, 7) is 7.52. The van der Waals surface area contributed by atoms with Crippen LogP contribution >= 0.6 is 0 Å². The maximum Gasteiger partial charge on any atom is 0.359 e. The SMILES string of the molecule is Cc1cc(C)c(NC(=O)[C@@H](C)OC(=O)c2ccc(=O)n(Cc3ccccc3)n2)c(C)c1. The van der Waals surface area contributed by atoms with Crippen LogP contribution in [-0.2, 0) is 16.1 Å². The van der Waals surface area contributed by atoms with E-state index in [2.05, 4.69) is 10.4 Å². The number of benzene rings is 2. The largest absolute Gasteiger partial charge is 0.448 e. The van der Waals surface area contributed by atoms with E-state index in [1.807, 2.05) is 63.2 Å². The molecule has 7 nitrogen and oxygen atoms in total. The summed E-state index contributed by atoms with van der Waals surface area (Å²) in [5.41, 5.74) is 4.16. The highest BCUT2D eigenvalue weighted by Gasteiger charge is 2.21. The molecule has 1 heterocycles. The topological polar surface area (TPSA) is 90.3 Å². The number of anilines is 1. The standard InChI is InChI=1S/C24H25N3O4/c1-15-12-16(2)22(17(3)13-15)25-23(29)18(4)31-24(30)20-10-11-21(28)27(26-20)14-19-8-6-5-7-9-19/h5-13,18H,14H2,1-4H3,(H,25,29)/t18-/m1/s1. The van der Waals surface area contributed by atoms with E-state index < -0.39 is 18.0 Å². The maximum atomic E-state index is 12.6. The summed E-state index contributed by atoms with van der Waals surface area (Å²) in [6.07, 6.45) is -1.04. The molecule has 160 valence electrons. The van der Waals surface area contributed by atoms with Gasteiger partial charge in [-0.2, -0.15) is 5.10 Å². The highest BCUT2D eigenvalue weighted by Crippen LogP contribution is 2.22. The molecule has 0 aliphatic heterocycles. The number of esters is 1. The maximum absolute atomic E-state index is 12.6. The van der Waals surface area contributed by atoms with Crippen LogP contribution in [0.1, 0.15) is 39.7 Å². The van der Waals surface area contributed by atoms with Crippen LogP contribution in [0.3, 0.4) is 0 Å². The minimum atomic E-state index is -1.04. The van der Waals surface area contributed by atoms with E-state index >= 15 is 0 Å². The lowest BCUT2D eigenvalue weighted by atomic mass is 10.0. The number of aryl methyl sites for hydroxylation is 3. The van der Waals surface area contributed by atoms with Crippen LogP contribution in [0, 0.1) is 20.8 Å². The van der Waals surface area contributed by atoms with Crippen LogP contribution in [0.5, 0.6) is 0 Å². The predicted octanol–water partition coefficient (Wildman–Crippen LogP) is 3.40. The van der Waals surface area contributed by atoms with E-state index in [-0.39, 0.29) is 17.8 Å². The van der Waals surface area contributed by atoms with E-state index in [0.717, 1.165) is 22.3 Å². The highest BCUT2D eigenvalue weighted by atomic mass is 16.5. The van der Waals surface area contributed by atoms with E-state index in [1.54, 1.807) is 0 Å². The van der Waals surface area contributed by atoms with Crippen LogP contribution in [0.2, 0.25) is 0 Å². The second kappa shape index (κ2) is 9.38. The molecule has 0 fully saturated rings. The summed E-state index contributed by atoms with van der Waals surface area (Å²) < 4.78 is 6.48. The Morgan fingerprint density at radius 2 is 1.68 bits per heavy atom. The van der Waals surface area contributed by atoms with Crippen molar-refractivity contribution in [3.8, 4) is 0 Å². The van der Waals surface area contributed by atoms with Gasteiger partial charge < -0.3 is 10.1 Å². The lowest BCUT2D eigenvalue weighted by Crippen LogP contribution is -2.32. The number of nitrogens with one attached hydrogen (secondary N) is 1. The normalized spacial score (nSPS) is 11.6. The second-order valence-electron chi connectivity index (χ2n) is 7.51. The zero-order chi connectivity index (χ0) is 22.5. The molecule has 1 aromatic heterocycles. The van der Waals surface area contributed by atoms with Gasteiger partial charge in [0.05, 0.1) is 6.54 Å². The molecule has 3 rings (SSSR count). The van der Waals surface area contributed by atoms with Gasteiger partial charge in [-0.25, -0.2) is 9.48 Å². The van der Waals surface area contributed by atoms with Gasteiger partial charge in [0, 0.05) is 11.8 Å². The number of carbonyl (C=O) groups excluding carboxylic acids is 2. The summed E-state index contributed by atoms with van der Waals surface area (Å²) in [7, 11) is 0. The second-order valence-corrected chi connectivity index (χ2v) is 7.51. The molecule has 1 N–H and O–H groups in total. The average Bonchev–Trinajstić information content (AvgIpc) is 2.72. The fraction of sp³-hybridized carbons (Fsp3) is 0.250. The fourth-order valence-corrected chi connectivity index (χ4v) is 3.30. The molecule has 7 heteroatoms. The zero-order valence-electron chi connectivity index (χ0n) is 18.0. The molecule has 0 spiro atoms. The van der Waals surface area contributed by atoms with Crippen molar-refractivity contribution in [1.29, 1.82) is 0 Å². The van der Waals surface area contributed by atoms with Crippen LogP contribution < -0.4 is 10.9 Å². The van der Waals surface area contributed by atoms with Gasteiger partial charge in [-0.05, 0) is 50.5 Å². The average molecular weight is 419 g/mol. The van der Waals surface area contributed by atoms with Crippen molar-refractivity contribution < 1.29 is 14.3 Å². The van der Waals surface area contributed by atoms with Crippen molar-refractivity contribution in [1.82, 2.24) is 9.78 Å². The van der Waals surface area contributed by atoms with Crippen molar-refractivity contribution in [3.63, 3.8) is 0 Å². The van der Waals surface area contributed by atoms with Gasteiger partial charge in [0.25, 0.3) is 11.5 Å².